The third kappa shape index (κ3) is 3.22. The van der Waals surface area contributed by atoms with Crippen LogP contribution in [0.5, 0.6) is 0 Å². The Morgan fingerprint density at radius 1 is 1.42 bits per heavy atom. The van der Waals surface area contributed by atoms with Gasteiger partial charge in [0.25, 0.3) is 0 Å². The molecule has 0 amide bonds. The van der Waals surface area contributed by atoms with Crippen molar-refractivity contribution in [1.82, 2.24) is 9.55 Å². The minimum atomic E-state index is -4.66. The summed E-state index contributed by atoms with van der Waals surface area (Å²) in [7, 11) is 0. The number of halogens is 3. The van der Waals surface area contributed by atoms with E-state index in [9.17, 15) is 18.0 Å². The fourth-order valence-corrected chi connectivity index (χ4v) is 1.63. The predicted octanol–water partition coefficient (Wildman–Crippen LogP) is 2.27. The van der Waals surface area contributed by atoms with Crippen LogP contribution in [0.15, 0.2) is 24.5 Å². The normalized spacial score (nSPS) is 11.9. The highest BCUT2D eigenvalue weighted by atomic mass is 19.4. The Labute approximate surface area is 105 Å². The van der Waals surface area contributed by atoms with Crippen molar-refractivity contribution >= 4 is 17.0 Å². The molecular weight excluding hydrogens is 265 g/mol. The number of ether oxygens (including phenoxy) is 1. The molecule has 8 heteroatoms. The number of alkyl halides is 3. The van der Waals surface area contributed by atoms with Gasteiger partial charge in [-0.25, -0.2) is 9.78 Å². The van der Waals surface area contributed by atoms with Gasteiger partial charge in [0.05, 0.1) is 29.5 Å². The minimum absolute atomic E-state index is 0.0254. The van der Waals surface area contributed by atoms with E-state index in [1.54, 1.807) is 0 Å². The predicted molar refractivity (Wildman–Crippen MR) is 58.7 cm³/mol. The van der Waals surface area contributed by atoms with Crippen molar-refractivity contribution in [2.45, 2.75) is 12.9 Å². The van der Waals surface area contributed by atoms with E-state index >= 15 is 0 Å². The molecule has 0 atom stereocenters. The fourth-order valence-electron chi connectivity index (χ4n) is 1.63. The van der Waals surface area contributed by atoms with Gasteiger partial charge in [-0.05, 0) is 18.2 Å². The Bertz CT molecular complexity index is 607. The number of hydrogen-bond donors (Lipinski definition) is 1. The zero-order valence-corrected chi connectivity index (χ0v) is 9.52. The van der Waals surface area contributed by atoms with Crippen LogP contribution in [0.3, 0.4) is 0 Å². The van der Waals surface area contributed by atoms with Gasteiger partial charge >= 0.3 is 12.3 Å². The molecule has 0 unspecified atom stereocenters. The Hall–Kier alpha value is -2.09. The lowest BCUT2D eigenvalue weighted by atomic mass is 10.2. The van der Waals surface area contributed by atoms with Crippen LogP contribution >= 0.6 is 0 Å². The highest BCUT2D eigenvalue weighted by molar-refractivity contribution is 5.92. The maximum atomic E-state index is 11.8. The van der Waals surface area contributed by atoms with Gasteiger partial charge in [-0.3, -0.25) is 4.74 Å². The molecular formula is C11H9F3N2O3. The van der Waals surface area contributed by atoms with Crippen molar-refractivity contribution in [1.29, 1.82) is 0 Å². The van der Waals surface area contributed by atoms with Crippen LogP contribution < -0.4 is 0 Å². The smallest absolute Gasteiger partial charge is 0.478 e. The zero-order valence-electron chi connectivity index (χ0n) is 9.52. The van der Waals surface area contributed by atoms with Crippen LogP contribution in [0.25, 0.3) is 11.0 Å². The van der Waals surface area contributed by atoms with Crippen LogP contribution in [0.4, 0.5) is 13.2 Å². The van der Waals surface area contributed by atoms with Crippen LogP contribution in [-0.2, 0) is 11.3 Å². The van der Waals surface area contributed by atoms with Gasteiger partial charge in [0.2, 0.25) is 0 Å². The Kier molecular flexibility index (Phi) is 3.43. The number of aromatic carboxylic acids is 1. The first-order chi connectivity index (χ1) is 8.87. The monoisotopic (exact) mass is 274 g/mol. The third-order valence-corrected chi connectivity index (χ3v) is 2.47. The van der Waals surface area contributed by atoms with E-state index in [0.29, 0.717) is 11.0 Å². The summed E-state index contributed by atoms with van der Waals surface area (Å²) in [6, 6.07) is 4.23. The molecule has 0 bridgehead atoms. The van der Waals surface area contributed by atoms with Crippen molar-refractivity contribution < 1.29 is 27.8 Å². The molecule has 0 aliphatic rings. The minimum Gasteiger partial charge on any atom is -0.478 e. The molecule has 102 valence electrons. The lowest BCUT2D eigenvalue weighted by molar-refractivity contribution is -0.325. The first kappa shape index (κ1) is 13.3. The van der Waals surface area contributed by atoms with Gasteiger partial charge < -0.3 is 9.67 Å². The van der Waals surface area contributed by atoms with Crippen molar-refractivity contribution in [2.75, 3.05) is 6.61 Å². The number of fused-ring (bicyclic) bond motifs is 1. The molecule has 0 fully saturated rings. The second kappa shape index (κ2) is 4.88. The number of benzene rings is 1. The zero-order chi connectivity index (χ0) is 14.0. The number of nitrogens with zero attached hydrogens (tertiary/aromatic N) is 2. The number of carboxylic acid groups (broad SMARTS) is 1. The average molecular weight is 274 g/mol. The first-order valence-electron chi connectivity index (χ1n) is 5.26. The van der Waals surface area contributed by atoms with Crippen LogP contribution in [-0.4, -0.2) is 33.6 Å². The number of rotatable bonds is 4. The number of aromatic nitrogens is 2. The molecule has 1 aromatic heterocycles. The Morgan fingerprint density at radius 3 is 2.79 bits per heavy atom. The highest BCUT2D eigenvalue weighted by Gasteiger charge is 2.28. The summed E-state index contributed by atoms with van der Waals surface area (Å²) in [5.74, 6) is -1.09. The van der Waals surface area contributed by atoms with Crippen molar-refractivity contribution in [2.24, 2.45) is 0 Å². The average Bonchev–Trinajstić information content (AvgIpc) is 2.70. The Morgan fingerprint density at radius 2 is 2.16 bits per heavy atom. The molecule has 1 aromatic carbocycles. The summed E-state index contributed by atoms with van der Waals surface area (Å²) in [4.78, 5) is 14.7. The van der Waals surface area contributed by atoms with Crippen LogP contribution in [0, 0.1) is 0 Å². The van der Waals surface area contributed by atoms with Gasteiger partial charge in [0, 0.05) is 6.54 Å². The molecule has 0 spiro atoms. The first-order valence-corrected chi connectivity index (χ1v) is 5.26. The summed E-state index contributed by atoms with van der Waals surface area (Å²) in [5, 5.41) is 8.80. The van der Waals surface area contributed by atoms with E-state index in [-0.39, 0.29) is 12.1 Å². The topological polar surface area (TPSA) is 64.3 Å². The van der Waals surface area contributed by atoms with E-state index < -0.39 is 18.9 Å². The van der Waals surface area contributed by atoms with Crippen molar-refractivity contribution in [3.63, 3.8) is 0 Å². The number of hydrogen-bond acceptors (Lipinski definition) is 3. The molecule has 0 saturated heterocycles. The fraction of sp³-hybridized carbons (Fsp3) is 0.273. The van der Waals surface area contributed by atoms with Crippen molar-refractivity contribution in [3.8, 4) is 0 Å². The number of carbonyl (C=O) groups is 1. The second-order valence-corrected chi connectivity index (χ2v) is 3.74. The molecule has 19 heavy (non-hydrogen) atoms. The summed E-state index contributed by atoms with van der Waals surface area (Å²) in [6.07, 6.45) is -3.32. The van der Waals surface area contributed by atoms with E-state index in [1.165, 1.54) is 29.1 Å². The highest BCUT2D eigenvalue weighted by Crippen LogP contribution is 2.18. The van der Waals surface area contributed by atoms with Gasteiger partial charge in [0.1, 0.15) is 0 Å². The van der Waals surface area contributed by atoms with E-state index in [2.05, 4.69) is 9.72 Å². The maximum Gasteiger partial charge on any atom is 0.522 e. The molecule has 1 heterocycles. The summed E-state index contributed by atoms with van der Waals surface area (Å²) in [5.41, 5.74) is 1.03. The lowest BCUT2D eigenvalue weighted by Gasteiger charge is -2.08. The molecule has 2 aromatic rings. The number of carboxylic acids is 1. The van der Waals surface area contributed by atoms with Gasteiger partial charge in [-0.15, -0.1) is 13.2 Å². The third-order valence-electron chi connectivity index (χ3n) is 2.47. The van der Waals surface area contributed by atoms with Crippen molar-refractivity contribution in [3.05, 3.63) is 30.1 Å². The van der Waals surface area contributed by atoms with E-state index in [4.69, 9.17) is 5.11 Å². The van der Waals surface area contributed by atoms with Gasteiger partial charge in [-0.1, -0.05) is 0 Å². The standard InChI is InChI=1S/C11H9F3N2O3/c12-11(13,14)19-4-3-16-6-15-8-5-7(10(17)18)1-2-9(8)16/h1-2,5-6H,3-4H2,(H,17,18). The summed E-state index contributed by atoms with van der Waals surface area (Å²) in [6.45, 7) is -0.557. The van der Waals surface area contributed by atoms with E-state index in [1.807, 2.05) is 0 Å². The van der Waals surface area contributed by atoms with Crippen LogP contribution in [0.2, 0.25) is 0 Å². The van der Waals surface area contributed by atoms with E-state index in [0.717, 1.165) is 0 Å². The van der Waals surface area contributed by atoms with Gasteiger partial charge in [-0.2, -0.15) is 0 Å². The molecule has 0 radical (unpaired) electrons. The van der Waals surface area contributed by atoms with Gasteiger partial charge in [0.15, 0.2) is 0 Å². The molecule has 0 saturated carbocycles. The molecule has 0 aliphatic heterocycles. The summed E-state index contributed by atoms with van der Waals surface area (Å²) < 4.78 is 40.6. The maximum absolute atomic E-state index is 11.8. The quantitative estimate of drug-likeness (QED) is 0.928. The number of imidazole rings is 1. The largest absolute Gasteiger partial charge is 0.522 e. The Balaban J connectivity index is 2.15. The molecule has 0 aliphatic carbocycles. The molecule has 2 rings (SSSR count). The molecule has 1 N–H and O–H groups in total. The van der Waals surface area contributed by atoms with Crippen LogP contribution in [0.1, 0.15) is 10.4 Å². The molecule has 5 nitrogen and oxygen atoms in total. The lowest BCUT2D eigenvalue weighted by Crippen LogP contribution is -2.17. The second-order valence-electron chi connectivity index (χ2n) is 3.74. The SMILES string of the molecule is O=C(O)c1ccc2c(c1)ncn2CCOC(F)(F)F. The summed E-state index contributed by atoms with van der Waals surface area (Å²) >= 11 is 0.